The quantitative estimate of drug-likeness (QED) is 0.223. The van der Waals surface area contributed by atoms with Gasteiger partial charge in [-0.2, -0.15) is 0 Å². The number of hydrogen-bond acceptors (Lipinski definition) is 5. The summed E-state index contributed by atoms with van der Waals surface area (Å²) in [5.41, 5.74) is 2.79. The van der Waals surface area contributed by atoms with E-state index in [1.54, 1.807) is 35.8 Å². The predicted molar refractivity (Wildman–Crippen MR) is 130 cm³/mol. The number of non-ortho nitro benzene ring substituents is 1. The highest BCUT2D eigenvalue weighted by Crippen LogP contribution is 2.34. The minimum absolute atomic E-state index is 0.00526. The van der Waals surface area contributed by atoms with Gasteiger partial charge in [-0.3, -0.25) is 15.1 Å². The van der Waals surface area contributed by atoms with Crippen molar-refractivity contribution >= 4 is 16.5 Å². The summed E-state index contributed by atoms with van der Waals surface area (Å²) in [6, 6.07) is 21.3. The van der Waals surface area contributed by atoms with Gasteiger partial charge >= 0.3 is 0 Å². The maximum absolute atomic E-state index is 13.1. The number of aromatic hydroxyl groups is 1. The smallest absolute Gasteiger partial charge is 0.270 e. The molecule has 0 saturated heterocycles. The third-order valence-corrected chi connectivity index (χ3v) is 5.70. The van der Waals surface area contributed by atoms with E-state index in [-0.39, 0.29) is 17.4 Å². The van der Waals surface area contributed by atoms with Crippen LogP contribution in [-0.4, -0.2) is 19.6 Å². The van der Waals surface area contributed by atoms with Crippen molar-refractivity contribution in [2.24, 2.45) is 0 Å². The summed E-state index contributed by atoms with van der Waals surface area (Å²) in [7, 11) is 0. The molecule has 5 aromatic rings. The molecule has 0 fully saturated rings. The lowest BCUT2D eigenvalue weighted by Gasteiger charge is -2.08. The molecule has 0 amide bonds. The number of nitrogens with zero attached hydrogens (tertiary/aromatic N) is 3. The van der Waals surface area contributed by atoms with Crippen molar-refractivity contribution in [2.45, 2.75) is 13.5 Å². The number of hydrogen-bond donors (Lipinski definition) is 1. The molecule has 5 rings (SSSR count). The largest absolute Gasteiger partial charge is 0.494 e. The van der Waals surface area contributed by atoms with Crippen LogP contribution in [0, 0.1) is 22.9 Å². The van der Waals surface area contributed by atoms with Gasteiger partial charge in [0.2, 0.25) is 5.88 Å². The van der Waals surface area contributed by atoms with Crippen molar-refractivity contribution in [1.29, 1.82) is 0 Å². The van der Waals surface area contributed by atoms with Crippen LogP contribution < -0.4 is 4.74 Å². The van der Waals surface area contributed by atoms with Crippen LogP contribution in [0.2, 0.25) is 0 Å². The Hall–Kier alpha value is -4.72. The maximum Gasteiger partial charge on any atom is 0.270 e. The second-order valence-electron chi connectivity index (χ2n) is 8.15. The van der Waals surface area contributed by atoms with Crippen LogP contribution in [0.15, 0.2) is 85.1 Å². The fourth-order valence-electron chi connectivity index (χ4n) is 4.01. The van der Waals surface area contributed by atoms with Crippen LogP contribution >= 0.6 is 0 Å². The third kappa shape index (κ3) is 4.54. The first-order valence-corrected chi connectivity index (χ1v) is 10.8. The van der Waals surface area contributed by atoms with Crippen molar-refractivity contribution in [2.75, 3.05) is 0 Å². The van der Waals surface area contributed by atoms with Gasteiger partial charge in [-0.05, 0) is 55.0 Å². The van der Waals surface area contributed by atoms with Crippen LogP contribution in [0.3, 0.4) is 0 Å². The first-order valence-electron chi connectivity index (χ1n) is 10.8. The number of ether oxygens (including phenoxy) is 1. The first kappa shape index (κ1) is 22.1. The molecule has 0 aliphatic rings. The van der Waals surface area contributed by atoms with Crippen molar-refractivity contribution in [3.8, 4) is 28.6 Å². The Kier molecular flexibility index (Phi) is 5.62. The van der Waals surface area contributed by atoms with Crippen LogP contribution in [0.4, 0.5) is 10.1 Å². The highest BCUT2D eigenvalue weighted by molar-refractivity contribution is 5.92. The Morgan fingerprint density at radius 1 is 1.03 bits per heavy atom. The van der Waals surface area contributed by atoms with Crippen LogP contribution in [0.5, 0.6) is 17.4 Å². The molecule has 0 saturated carbocycles. The van der Waals surface area contributed by atoms with Gasteiger partial charge in [0, 0.05) is 29.3 Å². The molecular weight excluding hydrogens is 449 g/mol. The molecule has 0 bridgehead atoms. The number of rotatable bonds is 6. The molecule has 0 aliphatic carbocycles. The Morgan fingerprint density at radius 3 is 2.40 bits per heavy atom. The zero-order valence-corrected chi connectivity index (χ0v) is 18.7. The van der Waals surface area contributed by atoms with Gasteiger partial charge in [0.1, 0.15) is 17.3 Å². The number of aromatic nitrogens is 2. The molecule has 7 nitrogen and oxygen atoms in total. The predicted octanol–water partition coefficient (Wildman–Crippen LogP) is 6.61. The maximum atomic E-state index is 13.1. The molecular formula is C27H20FN3O4. The average molecular weight is 469 g/mol. The second-order valence-corrected chi connectivity index (χ2v) is 8.15. The van der Waals surface area contributed by atoms with Gasteiger partial charge < -0.3 is 14.4 Å². The zero-order valence-electron chi connectivity index (χ0n) is 18.7. The average Bonchev–Trinajstić information content (AvgIpc) is 3.17. The van der Waals surface area contributed by atoms with Gasteiger partial charge in [0.15, 0.2) is 0 Å². The zero-order chi connectivity index (χ0) is 24.5. The number of fused-ring (bicyclic) bond motifs is 1. The van der Waals surface area contributed by atoms with Crippen molar-refractivity contribution in [3.63, 3.8) is 0 Å². The van der Waals surface area contributed by atoms with Crippen LogP contribution in [-0.2, 0) is 6.54 Å². The fourth-order valence-corrected chi connectivity index (χ4v) is 4.01. The summed E-state index contributed by atoms with van der Waals surface area (Å²) in [4.78, 5) is 15.3. The normalized spacial score (nSPS) is 11.0. The molecule has 0 unspecified atom stereocenters. The number of aryl methyl sites for hydroxylation is 1. The highest BCUT2D eigenvalue weighted by atomic mass is 19.1. The van der Waals surface area contributed by atoms with E-state index in [1.165, 1.54) is 24.3 Å². The first-order chi connectivity index (χ1) is 16.9. The van der Waals surface area contributed by atoms with Crippen molar-refractivity contribution < 1.29 is 19.2 Å². The van der Waals surface area contributed by atoms with Gasteiger partial charge in [0.05, 0.1) is 28.2 Å². The lowest BCUT2D eigenvalue weighted by atomic mass is 10.1. The summed E-state index contributed by atoms with van der Waals surface area (Å²) in [5, 5.41) is 23.4. The highest BCUT2D eigenvalue weighted by Gasteiger charge is 2.15. The lowest BCUT2D eigenvalue weighted by Crippen LogP contribution is -1.97. The molecule has 1 N–H and O–H groups in total. The molecule has 0 spiro atoms. The van der Waals surface area contributed by atoms with E-state index in [2.05, 4.69) is 4.98 Å². The van der Waals surface area contributed by atoms with Gasteiger partial charge in [-0.15, -0.1) is 0 Å². The Morgan fingerprint density at radius 2 is 1.71 bits per heavy atom. The topological polar surface area (TPSA) is 90.4 Å². The minimum atomic E-state index is -0.437. The Balaban J connectivity index is 1.40. The number of pyridine rings is 1. The van der Waals surface area contributed by atoms with Gasteiger partial charge in [-0.25, -0.2) is 4.39 Å². The summed E-state index contributed by atoms with van der Waals surface area (Å²) in [5.74, 6) is 0.927. The molecule has 2 aromatic heterocycles. The number of benzene rings is 3. The molecule has 8 heteroatoms. The van der Waals surface area contributed by atoms with E-state index < -0.39 is 4.92 Å². The Bertz CT molecular complexity index is 1540. The summed E-state index contributed by atoms with van der Waals surface area (Å²) in [6.07, 6.45) is 1.84. The van der Waals surface area contributed by atoms with Gasteiger partial charge in [0.25, 0.3) is 5.69 Å². The molecule has 35 heavy (non-hydrogen) atoms. The Labute approximate surface area is 199 Å². The van der Waals surface area contributed by atoms with Crippen LogP contribution in [0.1, 0.15) is 11.3 Å². The standard InChI is InChI=1S/C27H20FN3O4/c1-17-26-20(14-25(29-17)19-3-2-4-22(13-19)31(33)34)16-30(27(26)32)15-18-5-9-23(10-6-18)35-24-11-7-21(28)8-12-24/h2-14,16,32H,15H2,1H3. The van der Waals surface area contributed by atoms with E-state index in [0.29, 0.717) is 40.4 Å². The second kappa shape index (κ2) is 8.90. The lowest BCUT2D eigenvalue weighted by molar-refractivity contribution is -0.384. The molecule has 3 aromatic carbocycles. The number of nitro benzene ring substituents is 1. The fraction of sp³-hybridized carbons (Fsp3) is 0.0741. The summed E-state index contributed by atoms with van der Waals surface area (Å²) >= 11 is 0. The minimum Gasteiger partial charge on any atom is -0.494 e. The van der Waals surface area contributed by atoms with E-state index in [0.717, 1.165) is 10.9 Å². The molecule has 0 aliphatic heterocycles. The third-order valence-electron chi connectivity index (χ3n) is 5.70. The summed E-state index contributed by atoms with van der Waals surface area (Å²) < 4.78 is 20.5. The molecule has 2 heterocycles. The summed E-state index contributed by atoms with van der Waals surface area (Å²) in [6.45, 7) is 2.22. The van der Waals surface area contributed by atoms with Gasteiger partial charge in [-0.1, -0.05) is 24.3 Å². The molecule has 0 atom stereocenters. The molecule has 174 valence electrons. The van der Waals surface area contributed by atoms with E-state index >= 15 is 0 Å². The van der Waals surface area contributed by atoms with E-state index in [9.17, 15) is 19.6 Å². The molecule has 0 radical (unpaired) electrons. The van der Waals surface area contributed by atoms with Crippen LogP contribution in [0.25, 0.3) is 22.0 Å². The number of nitro groups is 1. The SMILES string of the molecule is Cc1nc(-c2cccc([N+](=O)[O-])c2)cc2cn(Cc3ccc(Oc4ccc(F)cc4)cc3)c(O)c12. The van der Waals surface area contributed by atoms with Crippen molar-refractivity contribution in [1.82, 2.24) is 9.55 Å². The van der Waals surface area contributed by atoms with Crippen molar-refractivity contribution in [3.05, 3.63) is 112 Å². The van der Waals surface area contributed by atoms with E-state index in [4.69, 9.17) is 4.74 Å². The number of halogens is 1. The monoisotopic (exact) mass is 469 g/mol. The van der Waals surface area contributed by atoms with E-state index in [1.807, 2.05) is 36.5 Å².